The van der Waals surface area contributed by atoms with Gasteiger partial charge in [0.25, 0.3) is 0 Å². The minimum absolute atomic E-state index is 0.783. The summed E-state index contributed by atoms with van der Waals surface area (Å²) >= 11 is 0. The first-order chi connectivity index (χ1) is 28.3. The zero-order valence-corrected chi connectivity index (χ0v) is 30.9. The lowest BCUT2D eigenvalue weighted by molar-refractivity contribution is 1.10. The maximum Gasteiger partial charge on any atom is 0.145 e. The van der Waals surface area contributed by atoms with E-state index in [2.05, 4.69) is 180 Å². The summed E-state index contributed by atoms with van der Waals surface area (Å²) in [6.07, 6.45) is 1.82. The fourth-order valence-corrected chi connectivity index (χ4v) is 8.34. The van der Waals surface area contributed by atoms with Crippen LogP contribution >= 0.6 is 0 Å². The summed E-state index contributed by atoms with van der Waals surface area (Å²) in [5.74, 6) is 0.834. The molecule has 0 amide bonds. The van der Waals surface area contributed by atoms with Gasteiger partial charge in [-0.15, -0.1) is 0 Å². The Hall–Kier alpha value is -7.69. The second kappa shape index (κ2) is 13.6. The summed E-state index contributed by atoms with van der Waals surface area (Å²) in [5, 5.41) is 4.93. The first-order valence-electron chi connectivity index (χ1n) is 19.3. The summed E-state index contributed by atoms with van der Waals surface area (Å²) < 4.78 is 2.24. The first-order valence-corrected chi connectivity index (χ1v) is 19.3. The summed E-state index contributed by atoms with van der Waals surface area (Å²) in [4.78, 5) is 15.4. The first kappa shape index (κ1) is 32.7. The van der Waals surface area contributed by atoms with Crippen LogP contribution in [0.2, 0.25) is 0 Å². The lowest BCUT2D eigenvalue weighted by Gasteiger charge is -2.15. The number of rotatable bonds is 6. The third kappa shape index (κ3) is 5.66. The molecular formula is C53H34N4. The van der Waals surface area contributed by atoms with Crippen LogP contribution in [0.5, 0.6) is 0 Å². The molecule has 11 rings (SSSR count). The molecular weight excluding hydrogens is 693 g/mol. The molecule has 0 aliphatic heterocycles. The standard InChI is InChI=1S/C53H34N4/c1-3-16-38(17-4-1)49-52-51(50-48(55-49)26-13-31-54-50)56-53(57(52)43-20-5-2-6-21-43)39-29-27-35(28-30-39)40-32-41(46-24-11-18-36-14-7-9-22-44(36)46)34-42(33-40)47-25-12-19-37-15-8-10-23-45(37)47/h1-34H. The third-order valence-electron chi connectivity index (χ3n) is 11.0. The van der Waals surface area contributed by atoms with E-state index in [1.807, 2.05) is 30.5 Å². The van der Waals surface area contributed by atoms with Gasteiger partial charge in [0.15, 0.2) is 0 Å². The van der Waals surface area contributed by atoms with E-state index in [-0.39, 0.29) is 0 Å². The number of hydrogen-bond acceptors (Lipinski definition) is 3. The van der Waals surface area contributed by atoms with Crippen LogP contribution < -0.4 is 0 Å². The van der Waals surface area contributed by atoms with Gasteiger partial charge in [0.2, 0.25) is 0 Å². The predicted octanol–water partition coefficient (Wildman–Crippen LogP) is 13.6. The Morgan fingerprint density at radius 1 is 0.368 bits per heavy atom. The fraction of sp³-hybridized carbons (Fsp3) is 0. The molecule has 0 fully saturated rings. The van der Waals surface area contributed by atoms with Gasteiger partial charge < -0.3 is 0 Å². The smallest absolute Gasteiger partial charge is 0.145 e. The van der Waals surface area contributed by atoms with Crippen LogP contribution in [0.1, 0.15) is 0 Å². The van der Waals surface area contributed by atoms with E-state index in [4.69, 9.17) is 15.0 Å². The highest BCUT2D eigenvalue weighted by atomic mass is 15.1. The van der Waals surface area contributed by atoms with Crippen LogP contribution in [-0.2, 0) is 0 Å². The topological polar surface area (TPSA) is 43.6 Å². The molecule has 4 nitrogen and oxygen atoms in total. The Kier molecular flexibility index (Phi) is 7.78. The van der Waals surface area contributed by atoms with Crippen molar-refractivity contribution in [2.75, 3.05) is 0 Å². The van der Waals surface area contributed by atoms with Crippen LogP contribution in [0, 0.1) is 0 Å². The molecule has 0 radical (unpaired) electrons. The van der Waals surface area contributed by atoms with Crippen molar-refractivity contribution in [3.05, 3.63) is 206 Å². The van der Waals surface area contributed by atoms with Crippen molar-refractivity contribution >= 4 is 43.6 Å². The Morgan fingerprint density at radius 2 is 0.930 bits per heavy atom. The van der Waals surface area contributed by atoms with Gasteiger partial charge in [0, 0.05) is 23.0 Å². The molecule has 0 atom stereocenters. The molecule has 0 spiro atoms. The van der Waals surface area contributed by atoms with E-state index in [0.29, 0.717) is 0 Å². The number of para-hydroxylation sites is 1. The van der Waals surface area contributed by atoms with Gasteiger partial charge in [0.1, 0.15) is 22.4 Å². The van der Waals surface area contributed by atoms with Crippen LogP contribution in [0.3, 0.4) is 0 Å². The lowest BCUT2D eigenvalue weighted by Crippen LogP contribution is -2.00. The normalized spacial score (nSPS) is 11.5. The number of hydrogen-bond donors (Lipinski definition) is 0. The summed E-state index contributed by atoms with van der Waals surface area (Å²) in [6.45, 7) is 0. The van der Waals surface area contributed by atoms with E-state index in [1.54, 1.807) is 0 Å². The van der Waals surface area contributed by atoms with Crippen molar-refractivity contribution in [3.8, 4) is 61.7 Å². The van der Waals surface area contributed by atoms with E-state index >= 15 is 0 Å². The van der Waals surface area contributed by atoms with Crippen LogP contribution in [-0.4, -0.2) is 19.5 Å². The molecule has 0 N–H and O–H groups in total. The highest BCUT2D eigenvalue weighted by Crippen LogP contribution is 2.40. The number of aromatic nitrogens is 4. The van der Waals surface area contributed by atoms with Gasteiger partial charge in [-0.2, -0.15) is 0 Å². The highest BCUT2D eigenvalue weighted by molar-refractivity contribution is 6.08. The van der Waals surface area contributed by atoms with Gasteiger partial charge in [-0.05, 0) is 97.4 Å². The molecule has 57 heavy (non-hydrogen) atoms. The molecule has 0 aliphatic rings. The number of pyridine rings is 2. The summed E-state index contributed by atoms with van der Waals surface area (Å²) in [5.41, 5.74) is 14.3. The molecule has 0 bridgehead atoms. The largest absolute Gasteiger partial charge is 0.290 e. The average Bonchev–Trinajstić information content (AvgIpc) is 3.70. The zero-order valence-electron chi connectivity index (χ0n) is 30.9. The molecule has 0 saturated heterocycles. The quantitative estimate of drug-likeness (QED) is 0.171. The average molecular weight is 727 g/mol. The van der Waals surface area contributed by atoms with E-state index in [9.17, 15) is 0 Å². The van der Waals surface area contributed by atoms with Crippen molar-refractivity contribution in [3.63, 3.8) is 0 Å². The molecule has 266 valence electrons. The van der Waals surface area contributed by atoms with Crippen LogP contribution in [0.15, 0.2) is 206 Å². The summed E-state index contributed by atoms with van der Waals surface area (Å²) in [6, 6.07) is 71.1. The maximum absolute atomic E-state index is 5.40. The monoisotopic (exact) mass is 726 g/mol. The van der Waals surface area contributed by atoms with Crippen molar-refractivity contribution in [2.24, 2.45) is 0 Å². The van der Waals surface area contributed by atoms with Gasteiger partial charge in [-0.1, -0.05) is 158 Å². The summed E-state index contributed by atoms with van der Waals surface area (Å²) in [7, 11) is 0. The SMILES string of the molecule is c1ccc(-c2nc3cccnc3c3nc(-c4ccc(-c5cc(-c6cccc7ccccc67)cc(-c6cccc7ccccc67)c5)cc4)n(-c4ccccc4)c23)cc1. The Balaban J connectivity index is 1.12. The lowest BCUT2D eigenvalue weighted by atomic mass is 9.89. The van der Waals surface area contributed by atoms with Crippen molar-refractivity contribution in [2.45, 2.75) is 0 Å². The molecule has 0 unspecified atom stereocenters. The second-order valence-corrected chi connectivity index (χ2v) is 14.4. The van der Waals surface area contributed by atoms with E-state index in [0.717, 1.165) is 61.5 Å². The second-order valence-electron chi connectivity index (χ2n) is 14.4. The van der Waals surface area contributed by atoms with E-state index < -0.39 is 0 Å². The molecule has 3 aromatic heterocycles. The fourth-order valence-electron chi connectivity index (χ4n) is 8.34. The van der Waals surface area contributed by atoms with Gasteiger partial charge in [-0.25, -0.2) is 9.97 Å². The number of fused-ring (bicyclic) bond motifs is 5. The van der Waals surface area contributed by atoms with Crippen molar-refractivity contribution < 1.29 is 0 Å². The van der Waals surface area contributed by atoms with Crippen LogP contribution in [0.25, 0.3) is 105 Å². The minimum atomic E-state index is 0.783. The number of imidazole rings is 1. The highest BCUT2D eigenvalue weighted by Gasteiger charge is 2.22. The molecule has 0 aliphatic carbocycles. The Labute approximate surface area is 330 Å². The molecule has 3 heterocycles. The van der Waals surface area contributed by atoms with Gasteiger partial charge in [-0.3, -0.25) is 9.55 Å². The number of benzene rings is 8. The van der Waals surface area contributed by atoms with E-state index in [1.165, 1.54) is 43.8 Å². The predicted molar refractivity (Wildman–Crippen MR) is 236 cm³/mol. The maximum atomic E-state index is 5.40. The molecule has 11 aromatic rings. The van der Waals surface area contributed by atoms with Crippen molar-refractivity contribution in [1.82, 2.24) is 19.5 Å². The minimum Gasteiger partial charge on any atom is -0.290 e. The Morgan fingerprint density at radius 3 is 1.60 bits per heavy atom. The molecule has 4 heteroatoms. The van der Waals surface area contributed by atoms with Gasteiger partial charge in [0.05, 0.1) is 11.2 Å². The van der Waals surface area contributed by atoms with Crippen LogP contribution in [0.4, 0.5) is 0 Å². The molecule has 8 aromatic carbocycles. The zero-order chi connectivity index (χ0) is 37.7. The van der Waals surface area contributed by atoms with Gasteiger partial charge >= 0.3 is 0 Å². The molecule has 0 saturated carbocycles. The number of nitrogens with zero attached hydrogens (tertiary/aromatic N) is 4. The third-order valence-corrected chi connectivity index (χ3v) is 11.0. The van der Waals surface area contributed by atoms with Crippen molar-refractivity contribution in [1.29, 1.82) is 0 Å². The Bertz CT molecular complexity index is 3170.